The van der Waals surface area contributed by atoms with Crippen molar-refractivity contribution in [2.45, 2.75) is 13.8 Å². The summed E-state index contributed by atoms with van der Waals surface area (Å²) < 4.78 is 0. The Kier molecular flexibility index (Phi) is 2.44. The summed E-state index contributed by atoms with van der Waals surface area (Å²) in [5, 5.41) is 11.1. The monoisotopic (exact) mass is 215 g/mol. The van der Waals surface area contributed by atoms with Crippen LogP contribution in [0.15, 0.2) is 18.3 Å². The van der Waals surface area contributed by atoms with E-state index in [1.807, 2.05) is 19.9 Å². The van der Waals surface area contributed by atoms with Gasteiger partial charge in [0, 0.05) is 16.9 Å². The molecule has 0 aliphatic carbocycles. The van der Waals surface area contributed by atoms with Crippen LogP contribution >= 0.6 is 0 Å². The molecule has 0 saturated carbocycles. The summed E-state index contributed by atoms with van der Waals surface area (Å²) in [5.74, 6) is 0. The lowest BCUT2D eigenvalue weighted by molar-refractivity contribution is 0.871. The quantitative estimate of drug-likeness (QED) is 0.700. The minimum absolute atomic E-state index is 0.612. The Hall–Kier alpha value is -2.17. The predicted molar refractivity (Wildman–Crippen MR) is 63.6 cm³/mol. The first-order chi connectivity index (χ1) is 7.61. The lowest BCUT2D eigenvalue weighted by atomic mass is 9.99. The van der Waals surface area contributed by atoms with E-state index in [9.17, 15) is 0 Å². The Morgan fingerprint density at radius 1 is 1.19 bits per heavy atom. The van der Waals surface area contributed by atoms with Gasteiger partial charge in [-0.25, -0.2) is 0 Å². The highest BCUT2D eigenvalue weighted by Crippen LogP contribution is 2.34. The average Bonchev–Trinajstić information content (AvgIpc) is 2.28. The SMILES string of the molecule is Cc1cc(N)c(-c2ccnnn2)c(N)c1C. The zero-order valence-corrected chi connectivity index (χ0v) is 9.23. The summed E-state index contributed by atoms with van der Waals surface area (Å²) in [7, 11) is 0. The van der Waals surface area contributed by atoms with Crippen LogP contribution in [-0.4, -0.2) is 15.4 Å². The maximum absolute atomic E-state index is 6.05. The highest BCUT2D eigenvalue weighted by atomic mass is 15.3. The highest BCUT2D eigenvalue weighted by molar-refractivity contribution is 5.87. The third-order valence-corrected chi connectivity index (χ3v) is 2.68. The van der Waals surface area contributed by atoms with Gasteiger partial charge in [-0.2, -0.15) is 0 Å². The molecule has 1 heterocycles. The number of nitrogen functional groups attached to an aromatic ring is 2. The van der Waals surface area contributed by atoms with Gasteiger partial charge in [0.1, 0.15) is 5.69 Å². The second-order valence-electron chi connectivity index (χ2n) is 3.70. The van der Waals surface area contributed by atoms with Crippen LogP contribution in [0.5, 0.6) is 0 Å². The first-order valence-electron chi connectivity index (χ1n) is 4.91. The van der Waals surface area contributed by atoms with Crippen molar-refractivity contribution in [2.24, 2.45) is 0 Å². The smallest absolute Gasteiger partial charge is 0.100 e. The summed E-state index contributed by atoms with van der Waals surface area (Å²) in [5.41, 5.74) is 16.7. The topological polar surface area (TPSA) is 90.7 Å². The van der Waals surface area contributed by atoms with Gasteiger partial charge >= 0.3 is 0 Å². The molecular weight excluding hydrogens is 202 g/mol. The van der Waals surface area contributed by atoms with Crippen LogP contribution < -0.4 is 11.5 Å². The maximum Gasteiger partial charge on any atom is 0.100 e. The minimum atomic E-state index is 0.612. The van der Waals surface area contributed by atoms with E-state index in [-0.39, 0.29) is 0 Å². The van der Waals surface area contributed by atoms with Gasteiger partial charge in [-0.1, -0.05) is 0 Å². The molecule has 0 unspecified atom stereocenters. The van der Waals surface area contributed by atoms with Gasteiger partial charge in [-0.15, -0.1) is 10.2 Å². The average molecular weight is 215 g/mol. The summed E-state index contributed by atoms with van der Waals surface area (Å²) >= 11 is 0. The predicted octanol–water partition coefficient (Wildman–Crippen LogP) is 1.32. The van der Waals surface area contributed by atoms with Crippen molar-refractivity contribution < 1.29 is 0 Å². The van der Waals surface area contributed by atoms with Crippen molar-refractivity contribution >= 4 is 11.4 Å². The molecule has 1 aromatic heterocycles. The maximum atomic E-state index is 6.05. The number of rotatable bonds is 1. The van der Waals surface area contributed by atoms with E-state index in [1.54, 1.807) is 12.3 Å². The van der Waals surface area contributed by atoms with E-state index in [1.165, 1.54) is 0 Å². The molecule has 5 heteroatoms. The molecule has 0 saturated heterocycles. The Balaban J connectivity index is 2.71. The molecule has 1 aromatic carbocycles. The number of hydrogen-bond donors (Lipinski definition) is 2. The first-order valence-corrected chi connectivity index (χ1v) is 4.91. The van der Waals surface area contributed by atoms with Gasteiger partial charge in [0.15, 0.2) is 0 Å². The molecule has 0 amide bonds. The van der Waals surface area contributed by atoms with Gasteiger partial charge < -0.3 is 11.5 Å². The van der Waals surface area contributed by atoms with Gasteiger partial charge in [-0.3, -0.25) is 0 Å². The number of benzene rings is 1. The molecule has 5 nitrogen and oxygen atoms in total. The summed E-state index contributed by atoms with van der Waals surface area (Å²) in [4.78, 5) is 0. The van der Waals surface area contributed by atoms with Crippen molar-refractivity contribution in [3.63, 3.8) is 0 Å². The van der Waals surface area contributed by atoms with Crippen molar-refractivity contribution in [1.29, 1.82) is 0 Å². The molecule has 2 aromatic rings. The van der Waals surface area contributed by atoms with Gasteiger partial charge in [-0.05, 0) is 42.3 Å². The molecule has 4 N–H and O–H groups in total. The van der Waals surface area contributed by atoms with E-state index in [0.29, 0.717) is 17.1 Å². The lowest BCUT2D eigenvalue weighted by Crippen LogP contribution is -2.02. The Morgan fingerprint density at radius 2 is 1.94 bits per heavy atom. The van der Waals surface area contributed by atoms with Crippen LogP contribution in [-0.2, 0) is 0 Å². The highest BCUT2D eigenvalue weighted by Gasteiger charge is 2.12. The fourth-order valence-electron chi connectivity index (χ4n) is 1.63. The summed E-state index contributed by atoms with van der Waals surface area (Å²) in [6.07, 6.45) is 1.57. The fourth-order valence-corrected chi connectivity index (χ4v) is 1.63. The number of aryl methyl sites for hydroxylation is 1. The molecule has 0 radical (unpaired) electrons. The minimum Gasteiger partial charge on any atom is -0.398 e. The number of anilines is 2. The third-order valence-electron chi connectivity index (χ3n) is 2.68. The molecule has 82 valence electrons. The molecule has 0 spiro atoms. The number of nitrogens with zero attached hydrogens (tertiary/aromatic N) is 3. The molecule has 0 fully saturated rings. The zero-order chi connectivity index (χ0) is 11.7. The van der Waals surface area contributed by atoms with Crippen LogP contribution in [0.3, 0.4) is 0 Å². The van der Waals surface area contributed by atoms with Gasteiger partial charge in [0.2, 0.25) is 0 Å². The standard InChI is InChI=1S/C11H13N5/c1-6-5-8(12)10(11(13)7(6)2)9-3-4-14-16-15-9/h3-5H,12-13H2,1-2H3. The van der Waals surface area contributed by atoms with E-state index >= 15 is 0 Å². The Morgan fingerprint density at radius 3 is 2.56 bits per heavy atom. The first kappa shape index (κ1) is 10.4. The molecule has 0 atom stereocenters. The van der Waals surface area contributed by atoms with Crippen LogP contribution in [0.25, 0.3) is 11.3 Å². The van der Waals surface area contributed by atoms with Crippen LogP contribution in [0.1, 0.15) is 11.1 Å². The largest absolute Gasteiger partial charge is 0.398 e. The van der Waals surface area contributed by atoms with Crippen LogP contribution in [0, 0.1) is 13.8 Å². The molecule has 0 aliphatic rings. The van der Waals surface area contributed by atoms with E-state index in [2.05, 4.69) is 15.4 Å². The second-order valence-corrected chi connectivity index (χ2v) is 3.70. The van der Waals surface area contributed by atoms with Crippen molar-refractivity contribution in [2.75, 3.05) is 11.5 Å². The number of aromatic nitrogens is 3. The molecule has 2 rings (SSSR count). The molecule has 0 aliphatic heterocycles. The normalized spacial score (nSPS) is 10.4. The van der Waals surface area contributed by atoms with Gasteiger partial charge in [0.05, 0.1) is 6.20 Å². The Bertz CT molecular complexity index is 522. The second kappa shape index (κ2) is 3.77. The van der Waals surface area contributed by atoms with E-state index < -0.39 is 0 Å². The van der Waals surface area contributed by atoms with Crippen molar-refractivity contribution in [1.82, 2.24) is 15.4 Å². The van der Waals surface area contributed by atoms with Crippen LogP contribution in [0.2, 0.25) is 0 Å². The molecule has 0 bridgehead atoms. The Labute approximate surface area is 93.5 Å². The summed E-state index contributed by atoms with van der Waals surface area (Å²) in [6, 6.07) is 3.63. The summed E-state index contributed by atoms with van der Waals surface area (Å²) in [6.45, 7) is 3.94. The molecular formula is C11H13N5. The number of nitrogens with two attached hydrogens (primary N) is 2. The third kappa shape index (κ3) is 1.56. The zero-order valence-electron chi connectivity index (χ0n) is 9.23. The van der Waals surface area contributed by atoms with E-state index in [0.717, 1.165) is 16.7 Å². The van der Waals surface area contributed by atoms with Crippen LogP contribution in [0.4, 0.5) is 11.4 Å². The van der Waals surface area contributed by atoms with E-state index in [4.69, 9.17) is 11.5 Å². The molecule has 16 heavy (non-hydrogen) atoms. The fraction of sp³-hybridized carbons (Fsp3) is 0.182. The van der Waals surface area contributed by atoms with Crippen molar-refractivity contribution in [3.05, 3.63) is 29.5 Å². The van der Waals surface area contributed by atoms with Gasteiger partial charge in [0.25, 0.3) is 0 Å². The number of hydrogen-bond acceptors (Lipinski definition) is 5. The lowest BCUT2D eigenvalue weighted by Gasteiger charge is -2.12. The van der Waals surface area contributed by atoms with Crippen molar-refractivity contribution in [3.8, 4) is 11.3 Å².